The molecule has 2 aliphatic rings. The van der Waals surface area contributed by atoms with Crippen molar-refractivity contribution in [3.8, 4) is 22.6 Å². The van der Waals surface area contributed by atoms with E-state index < -0.39 is 64.1 Å². The third kappa shape index (κ3) is 8.28. The number of amides is 2. The summed E-state index contributed by atoms with van der Waals surface area (Å²) in [6.07, 6.45) is -0.760. The SMILES string of the molecule is COC(=O)C(O/N=C(\C(=O)NC1C(=O)N2C(C(=O)OC(c3ccccc3)c3ccccc3)=C(CI)CSC12)c1csc(N)n1)(c1ccccc1)c1ccc(O)c(O)c1-c1ccccc1. The summed E-state index contributed by atoms with van der Waals surface area (Å²) in [6.45, 7) is 0. The summed E-state index contributed by atoms with van der Waals surface area (Å²) >= 11 is 4.54. The Morgan fingerprint density at radius 3 is 2.11 bits per heavy atom. The second-order valence-electron chi connectivity index (χ2n) is 14.4. The number of phenolic OH excluding ortho intramolecular Hbond substituents is 2. The number of ether oxygens (including phenoxy) is 2. The maximum absolute atomic E-state index is 14.5. The summed E-state index contributed by atoms with van der Waals surface area (Å²) in [5.74, 6) is -3.80. The van der Waals surface area contributed by atoms with Crippen molar-refractivity contribution in [1.82, 2.24) is 15.2 Å². The van der Waals surface area contributed by atoms with Crippen molar-refractivity contribution in [2.24, 2.45) is 5.16 Å². The number of β-lactam (4-membered cyclic amide) rings is 1. The first-order chi connectivity index (χ1) is 31.1. The number of halogens is 1. The molecule has 0 spiro atoms. The van der Waals surface area contributed by atoms with E-state index in [4.69, 9.17) is 20.0 Å². The third-order valence-corrected chi connectivity index (χ3v) is 13.6. The summed E-state index contributed by atoms with van der Waals surface area (Å²) in [5.41, 5.74) is 6.17. The van der Waals surface area contributed by atoms with Gasteiger partial charge in [-0.05, 0) is 34.4 Å². The van der Waals surface area contributed by atoms with Crippen molar-refractivity contribution in [3.05, 3.63) is 178 Å². The number of nitrogens with two attached hydrogens (primary N) is 1. The number of fused-ring (bicyclic) bond motifs is 1. The molecule has 1 saturated heterocycles. The standard InChI is InChI=1S/C47H38IN5O9S2/c1-60-45(59)47(31-20-12-5-13-21-31,32-22-23-34(54)39(55)35(32)27-14-6-2-7-15-27)62-52-36(33-26-64-46(49)50-33)41(56)51-37-42(57)53-38(30(24-48)25-63-43(37)53)44(58)61-40(28-16-8-3-9-17-28)29-18-10-4-11-19-29/h2-23,26,37,40,43,54-55H,24-25H2,1H3,(H2,49,50)(H,51,56)/b52-36-. The number of alkyl halides is 1. The first-order valence-electron chi connectivity index (χ1n) is 19.6. The van der Waals surface area contributed by atoms with Crippen LogP contribution in [0.15, 0.2) is 155 Å². The average molecular weight is 1010 g/mol. The smallest absolute Gasteiger partial charge is 0.362 e. The summed E-state index contributed by atoms with van der Waals surface area (Å²) in [6, 6.07) is 36.8. The van der Waals surface area contributed by atoms with Gasteiger partial charge < -0.3 is 35.6 Å². The van der Waals surface area contributed by atoms with E-state index in [1.54, 1.807) is 60.7 Å². The highest BCUT2D eigenvalue weighted by Gasteiger charge is 2.55. The number of carbonyl (C=O) groups is 4. The first kappa shape index (κ1) is 43.9. The van der Waals surface area contributed by atoms with E-state index in [1.165, 1.54) is 34.2 Å². The minimum atomic E-state index is -2.32. The van der Waals surface area contributed by atoms with Gasteiger partial charge in [-0.3, -0.25) is 14.5 Å². The number of thioether (sulfide) groups is 1. The molecule has 3 heterocycles. The zero-order valence-electron chi connectivity index (χ0n) is 33.8. The monoisotopic (exact) mass is 1010 g/mol. The van der Waals surface area contributed by atoms with Crippen LogP contribution in [0.25, 0.3) is 11.1 Å². The minimum absolute atomic E-state index is 0.0100. The van der Waals surface area contributed by atoms with E-state index in [0.717, 1.165) is 29.6 Å². The van der Waals surface area contributed by atoms with Gasteiger partial charge >= 0.3 is 11.9 Å². The number of aromatic nitrogens is 1. The maximum atomic E-state index is 14.5. The number of carbonyl (C=O) groups excluding carboxylic acids is 4. The number of anilines is 1. The van der Waals surface area contributed by atoms with Gasteiger partial charge in [-0.15, -0.1) is 23.1 Å². The molecule has 6 aromatic rings. The molecule has 5 aromatic carbocycles. The second kappa shape index (κ2) is 19.0. The van der Waals surface area contributed by atoms with E-state index in [2.05, 4.69) is 38.0 Å². The highest BCUT2D eigenvalue weighted by Crippen LogP contribution is 2.48. The average Bonchev–Trinajstić information content (AvgIpc) is 3.77. The number of nitrogens with one attached hydrogen (secondary N) is 1. The molecule has 0 bridgehead atoms. The molecule has 14 nitrogen and oxygen atoms in total. The number of hydrogen-bond acceptors (Lipinski definition) is 14. The molecule has 64 heavy (non-hydrogen) atoms. The van der Waals surface area contributed by atoms with Crippen LogP contribution >= 0.6 is 45.7 Å². The van der Waals surface area contributed by atoms with Crippen molar-refractivity contribution in [1.29, 1.82) is 0 Å². The number of nitrogens with zero attached hydrogens (tertiary/aromatic N) is 3. The molecular weight excluding hydrogens is 970 g/mol. The van der Waals surface area contributed by atoms with Crippen molar-refractivity contribution in [3.63, 3.8) is 0 Å². The van der Waals surface area contributed by atoms with Gasteiger partial charge in [0.2, 0.25) is 0 Å². The fraction of sp³-hybridized carbons (Fsp3) is 0.149. The first-order valence-corrected chi connectivity index (χ1v) is 23.1. The van der Waals surface area contributed by atoms with Crippen molar-refractivity contribution < 1.29 is 43.7 Å². The van der Waals surface area contributed by atoms with E-state index in [-0.39, 0.29) is 33.2 Å². The van der Waals surface area contributed by atoms with Crippen LogP contribution in [0, 0.1) is 0 Å². The topological polar surface area (TPSA) is 203 Å². The molecule has 17 heteroatoms. The van der Waals surface area contributed by atoms with Gasteiger partial charge in [-0.1, -0.05) is 149 Å². The lowest BCUT2D eigenvalue weighted by atomic mass is 9.81. The maximum Gasteiger partial charge on any atom is 0.362 e. The number of esters is 2. The van der Waals surface area contributed by atoms with Gasteiger partial charge in [0.05, 0.1) is 7.11 Å². The van der Waals surface area contributed by atoms with Crippen molar-refractivity contribution in [2.75, 3.05) is 23.0 Å². The lowest BCUT2D eigenvalue weighted by molar-refractivity contribution is -0.165. The Kier molecular flexibility index (Phi) is 13.0. The van der Waals surface area contributed by atoms with Crippen LogP contribution in [-0.4, -0.2) is 78.3 Å². The normalized spacial score (nSPS) is 16.9. The Labute approximate surface area is 388 Å². The molecule has 1 aromatic heterocycles. The van der Waals surface area contributed by atoms with Crippen molar-refractivity contribution in [2.45, 2.75) is 23.1 Å². The molecule has 8 rings (SSSR count). The third-order valence-electron chi connectivity index (χ3n) is 10.6. The molecule has 1 fully saturated rings. The second-order valence-corrected chi connectivity index (χ2v) is 17.2. The number of phenols is 2. The van der Waals surface area contributed by atoms with Crippen LogP contribution in [0.5, 0.6) is 11.5 Å². The van der Waals surface area contributed by atoms with E-state index in [0.29, 0.717) is 21.3 Å². The molecule has 3 atom stereocenters. The molecule has 0 aliphatic carbocycles. The predicted octanol–water partition coefficient (Wildman–Crippen LogP) is 7.06. The van der Waals surface area contributed by atoms with Gasteiger partial charge in [-0.25, -0.2) is 14.6 Å². The van der Waals surface area contributed by atoms with Gasteiger partial charge in [0.1, 0.15) is 22.8 Å². The van der Waals surface area contributed by atoms with Crippen molar-refractivity contribution >= 4 is 80.3 Å². The lowest BCUT2D eigenvalue weighted by Crippen LogP contribution is -2.71. The Morgan fingerprint density at radius 2 is 1.53 bits per heavy atom. The van der Waals surface area contributed by atoms with E-state index in [1.807, 2.05) is 60.7 Å². The number of aromatic hydroxyl groups is 2. The predicted molar refractivity (Wildman–Crippen MR) is 250 cm³/mol. The van der Waals surface area contributed by atoms with Crippen LogP contribution in [0.2, 0.25) is 0 Å². The quantitative estimate of drug-likeness (QED) is 0.0165. The van der Waals surface area contributed by atoms with Crippen LogP contribution < -0.4 is 11.1 Å². The zero-order chi connectivity index (χ0) is 45.0. The Morgan fingerprint density at radius 1 is 0.922 bits per heavy atom. The number of methoxy groups -OCH3 is 1. The molecule has 2 aliphatic heterocycles. The molecule has 3 unspecified atom stereocenters. The lowest BCUT2D eigenvalue weighted by Gasteiger charge is -2.49. The highest BCUT2D eigenvalue weighted by atomic mass is 127. The van der Waals surface area contributed by atoms with E-state index >= 15 is 0 Å². The summed E-state index contributed by atoms with van der Waals surface area (Å²) in [7, 11) is 1.14. The van der Waals surface area contributed by atoms with Crippen LogP contribution in [-0.2, 0) is 39.1 Å². The number of rotatable bonds is 14. The van der Waals surface area contributed by atoms with Crippen LogP contribution in [0.4, 0.5) is 5.13 Å². The molecule has 324 valence electrons. The molecule has 2 amide bonds. The van der Waals surface area contributed by atoms with Gasteiger partial charge in [0, 0.05) is 32.3 Å². The van der Waals surface area contributed by atoms with E-state index in [9.17, 15) is 29.4 Å². The van der Waals surface area contributed by atoms with Gasteiger partial charge in [-0.2, -0.15) is 0 Å². The Balaban J connectivity index is 1.14. The zero-order valence-corrected chi connectivity index (χ0v) is 37.6. The van der Waals surface area contributed by atoms with Gasteiger partial charge in [0.25, 0.3) is 17.4 Å². The molecular formula is C47H38IN5O9S2. The number of oxime groups is 1. The number of thiazole rings is 1. The number of nitrogen functional groups attached to an aromatic ring is 1. The fourth-order valence-corrected chi connectivity index (χ4v) is 10.4. The number of benzene rings is 5. The van der Waals surface area contributed by atoms with Crippen LogP contribution in [0.3, 0.4) is 0 Å². The van der Waals surface area contributed by atoms with Crippen LogP contribution in [0.1, 0.15) is 34.1 Å². The molecule has 5 N–H and O–H groups in total. The Hall–Kier alpha value is -6.70. The largest absolute Gasteiger partial charge is 0.504 e. The fourth-order valence-electron chi connectivity index (χ4n) is 7.56. The summed E-state index contributed by atoms with van der Waals surface area (Å²) in [5, 5.41) is 30.0. The molecule has 0 saturated carbocycles. The Bertz CT molecular complexity index is 2740. The number of hydrogen-bond donors (Lipinski definition) is 4. The molecule has 0 radical (unpaired) electrons. The van der Waals surface area contributed by atoms with Gasteiger partial charge in [0.15, 0.2) is 28.4 Å². The summed E-state index contributed by atoms with van der Waals surface area (Å²) in [4.78, 5) is 69.3. The summed E-state index contributed by atoms with van der Waals surface area (Å²) < 4.78 is 12.0. The minimum Gasteiger partial charge on any atom is -0.504 e. The highest BCUT2D eigenvalue weighted by molar-refractivity contribution is 14.1.